The molecular weight excluding hydrogens is 380 g/mol. The third-order valence-electron chi connectivity index (χ3n) is 4.37. The third-order valence-corrected chi connectivity index (χ3v) is 4.37. The highest BCUT2D eigenvalue weighted by atomic mass is 16.6. The van der Waals surface area contributed by atoms with Crippen LogP contribution in [0.1, 0.15) is 24.4 Å². The number of nitro groups is 1. The van der Waals surface area contributed by atoms with E-state index in [1.807, 2.05) is 0 Å². The molecule has 2 aromatic carbocycles. The van der Waals surface area contributed by atoms with Crippen LogP contribution < -0.4 is 16.8 Å². The summed E-state index contributed by atoms with van der Waals surface area (Å²) in [6, 6.07) is 11.6. The number of nitrogens with two attached hydrogens (primary N) is 1. The Labute approximate surface area is 164 Å². The SMILES string of the molecule is NC(=O)C(NC(=O)CCCn1c(=O)oc2cc([N+](=O)[O-])ccc21)c1ccccc1. The number of carbonyl (C=O) groups is 2. The average molecular weight is 398 g/mol. The molecule has 0 saturated carbocycles. The molecular formula is C19H18N4O6. The van der Waals surface area contributed by atoms with Crippen molar-refractivity contribution in [3.8, 4) is 0 Å². The normalized spacial score (nSPS) is 11.9. The van der Waals surface area contributed by atoms with Gasteiger partial charge in [-0.05, 0) is 18.1 Å². The molecule has 3 N–H and O–H groups in total. The number of fused-ring (bicyclic) bond motifs is 1. The molecule has 1 aromatic heterocycles. The first-order valence-electron chi connectivity index (χ1n) is 8.78. The lowest BCUT2D eigenvalue weighted by Gasteiger charge is -2.15. The fourth-order valence-electron chi connectivity index (χ4n) is 2.98. The van der Waals surface area contributed by atoms with Crippen LogP contribution >= 0.6 is 0 Å². The Kier molecular flexibility index (Phi) is 5.72. The zero-order chi connectivity index (χ0) is 21.0. The van der Waals surface area contributed by atoms with Crippen LogP contribution in [-0.2, 0) is 16.1 Å². The second-order valence-corrected chi connectivity index (χ2v) is 6.35. The molecule has 1 unspecified atom stereocenters. The van der Waals surface area contributed by atoms with Crippen LogP contribution in [0.15, 0.2) is 57.7 Å². The number of amides is 2. The van der Waals surface area contributed by atoms with Crippen molar-refractivity contribution < 1.29 is 18.9 Å². The van der Waals surface area contributed by atoms with Gasteiger partial charge >= 0.3 is 5.76 Å². The number of non-ortho nitro benzene ring substituents is 1. The number of aryl methyl sites for hydroxylation is 1. The van der Waals surface area contributed by atoms with E-state index in [0.29, 0.717) is 11.1 Å². The summed E-state index contributed by atoms with van der Waals surface area (Å²) in [6.07, 6.45) is 0.334. The predicted octanol–water partition coefficient (Wildman–Crippen LogP) is 1.63. The Morgan fingerprint density at radius 1 is 1.21 bits per heavy atom. The van der Waals surface area contributed by atoms with Crippen molar-refractivity contribution in [1.82, 2.24) is 9.88 Å². The van der Waals surface area contributed by atoms with Crippen molar-refractivity contribution in [2.45, 2.75) is 25.4 Å². The molecule has 10 heteroatoms. The molecule has 3 rings (SSSR count). The summed E-state index contributed by atoms with van der Waals surface area (Å²) in [7, 11) is 0. The second-order valence-electron chi connectivity index (χ2n) is 6.35. The largest absolute Gasteiger partial charge is 0.419 e. The van der Waals surface area contributed by atoms with E-state index in [9.17, 15) is 24.5 Å². The maximum Gasteiger partial charge on any atom is 0.419 e. The lowest BCUT2D eigenvalue weighted by molar-refractivity contribution is -0.384. The number of rotatable bonds is 8. The number of nitro benzene ring substituents is 1. The minimum atomic E-state index is -0.943. The Balaban J connectivity index is 1.64. The van der Waals surface area contributed by atoms with Crippen LogP contribution in [0.2, 0.25) is 0 Å². The molecule has 0 bridgehead atoms. The first-order chi connectivity index (χ1) is 13.9. The van der Waals surface area contributed by atoms with Crippen molar-refractivity contribution in [2.24, 2.45) is 5.73 Å². The lowest BCUT2D eigenvalue weighted by atomic mass is 10.1. The van der Waals surface area contributed by atoms with Gasteiger partial charge in [-0.25, -0.2) is 4.79 Å². The van der Waals surface area contributed by atoms with E-state index < -0.39 is 28.5 Å². The van der Waals surface area contributed by atoms with Crippen molar-refractivity contribution in [1.29, 1.82) is 0 Å². The van der Waals surface area contributed by atoms with E-state index in [1.54, 1.807) is 30.3 Å². The van der Waals surface area contributed by atoms with Gasteiger partial charge in [-0.2, -0.15) is 0 Å². The van der Waals surface area contributed by atoms with E-state index in [4.69, 9.17) is 10.2 Å². The van der Waals surface area contributed by atoms with Crippen molar-refractivity contribution in [3.63, 3.8) is 0 Å². The molecule has 1 heterocycles. The number of hydrogen-bond acceptors (Lipinski definition) is 6. The average Bonchev–Trinajstić information content (AvgIpc) is 3.01. The number of nitrogens with zero attached hydrogens (tertiary/aromatic N) is 2. The molecule has 2 amide bonds. The number of nitrogens with one attached hydrogen (secondary N) is 1. The Hall–Kier alpha value is -3.95. The van der Waals surface area contributed by atoms with E-state index in [2.05, 4.69) is 5.32 Å². The van der Waals surface area contributed by atoms with Crippen LogP contribution in [-0.4, -0.2) is 21.3 Å². The van der Waals surface area contributed by atoms with E-state index in [-0.39, 0.29) is 30.7 Å². The summed E-state index contributed by atoms with van der Waals surface area (Å²) in [5.41, 5.74) is 6.28. The monoisotopic (exact) mass is 398 g/mol. The Morgan fingerprint density at radius 3 is 2.59 bits per heavy atom. The lowest BCUT2D eigenvalue weighted by Crippen LogP contribution is -2.37. The van der Waals surface area contributed by atoms with Crippen LogP contribution in [0.5, 0.6) is 0 Å². The third kappa shape index (κ3) is 4.49. The molecule has 3 aromatic rings. The summed E-state index contributed by atoms with van der Waals surface area (Å²) in [5, 5.41) is 13.4. The van der Waals surface area contributed by atoms with Gasteiger partial charge in [0.2, 0.25) is 11.8 Å². The highest BCUT2D eigenvalue weighted by Gasteiger charge is 2.20. The quantitative estimate of drug-likeness (QED) is 0.435. The number of benzene rings is 2. The molecule has 10 nitrogen and oxygen atoms in total. The molecule has 1 atom stereocenters. The number of carbonyl (C=O) groups excluding carboxylic acids is 2. The summed E-state index contributed by atoms with van der Waals surface area (Å²) in [6.45, 7) is 0.170. The number of primary amides is 1. The molecule has 0 aliphatic rings. The van der Waals surface area contributed by atoms with Gasteiger partial charge in [0.1, 0.15) is 6.04 Å². The topological polar surface area (TPSA) is 150 Å². The van der Waals surface area contributed by atoms with E-state index in [1.165, 1.54) is 22.8 Å². The highest BCUT2D eigenvalue weighted by Crippen LogP contribution is 2.20. The number of oxazole rings is 1. The van der Waals surface area contributed by atoms with Gasteiger partial charge in [-0.1, -0.05) is 30.3 Å². The first kappa shape index (κ1) is 19.8. The van der Waals surface area contributed by atoms with E-state index >= 15 is 0 Å². The maximum atomic E-state index is 12.2. The summed E-state index contributed by atoms with van der Waals surface area (Å²) < 4.78 is 6.34. The zero-order valence-electron chi connectivity index (χ0n) is 15.2. The molecule has 0 saturated heterocycles. The van der Waals surface area contributed by atoms with Crippen LogP contribution in [0, 0.1) is 10.1 Å². The van der Waals surface area contributed by atoms with Crippen molar-refractivity contribution >= 4 is 28.6 Å². The van der Waals surface area contributed by atoms with Gasteiger partial charge in [0.15, 0.2) is 5.58 Å². The summed E-state index contributed by atoms with van der Waals surface area (Å²) in [4.78, 5) is 46.1. The second kappa shape index (κ2) is 8.38. The van der Waals surface area contributed by atoms with Crippen molar-refractivity contribution in [3.05, 3.63) is 74.8 Å². The molecule has 0 spiro atoms. The number of hydrogen-bond donors (Lipinski definition) is 2. The fourth-order valence-corrected chi connectivity index (χ4v) is 2.98. The van der Waals surface area contributed by atoms with Gasteiger partial charge in [0.25, 0.3) is 5.69 Å². The Bertz CT molecular complexity index is 1120. The zero-order valence-corrected chi connectivity index (χ0v) is 15.2. The number of aromatic nitrogens is 1. The standard InChI is InChI=1S/C19H18N4O6/c20-18(25)17(12-5-2-1-3-6-12)21-16(24)7-4-10-22-14-9-8-13(23(27)28)11-15(14)29-19(22)26/h1-3,5-6,8-9,11,17H,4,7,10H2,(H2,20,25)(H,21,24). The molecule has 0 aliphatic carbocycles. The van der Waals surface area contributed by atoms with Gasteiger partial charge in [-0.3, -0.25) is 24.3 Å². The van der Waals surface area contributed by atoms with Gasteiger partial charge in [0, 0.05) is 19.0 Å². The Morgan fingerprint density at radius 2 is 1.93 bits per heavy atom. The minimum absolute atomic E-state index is 0.0444. The van der Waals surface area contributed by atoms with Crippen LogP contribution in [0.25, 0.3) is 11.1 Å². The first-order valence-corrected chi connectivity index (χ1v) is 8.78. The predicted molar refractivity (Wildman–Crippen MR) is 103 cm³/mol. The van der Waals surface area contributed by atoms with E-state index in [0.717, 1.165) is 0 Å². The molecule has 0 fully saturated rings. The van der Waals surface area contributed by atoms with Gasteiger partial charge in [-0.15, -0.1) is 0 Å². The maximum absolute atomic E-state index is 12.2. The molecule has 0 aliphatic heterocycles. The molecule has 0 radical (unpaired) electrons. The highest BCUT2D eigenvalue weighted by molar-refractivity contribution is 5.87. The van der Waals surface area contributed by atoms with Crippen LogP contribution in [0.3, 0.4) is 0 Å². The van der Waals surface area contributed by atoms with Gasteiger partial charge < -0.3 is 15.5 Å². The minimum Gasteiger partial charge on any atom is -0.407 e. The molecule has 150 valence electrons. The summed E-state index contributed by atoms with van der Waals surface area (Å²) in [5.74, 6) is -1.74. The molecule has 29 heavy (non-hydrogen) atoms. The summed E-state index contributed by atoms with van der Waals surface area (Å²) >= 11 is 0. The van der Waals surface area contributed by atoms with Gasteiger partial charge in [0.05, 0.1) is 16.5 Å². The van der Waals surface area contributed by atoms with Crippen LogP contribution in [0.4, 0.5) is 5.69 Å². The van der Waals surface area contributed by atoms with Crippen molar-refractivity contribution in [2.75, 3.05) is 0 Å². The smallest absolute Gasteiger partial charge is 0.407 e. The fraction of sp³-hybridized carbons (Fsp3) is 0.211.